The van der Waals surface area contributed by atoms with Gasteiger partial charge in [0, 0.05) is 48.3 Å². The molecule has 1 heterocycles. The van der Waals surface area contributed by atoms with Crippen LogP contribution in [0.25, 0.3) is 10.9 Å². The number of anilines is 3. The Morgan fingerprint density at radius 3 is 2.48 bits per heavy atom. The average molecular weight is 306 g/mol. The van der Waals surface area contributed by atoms with Gasteiger partial charge in [-0.25, -0.2) is 0 Å². The van der Waals surface area contributed by atoms with E-state index >= 15 is 0 Å². The fraction of sp³-hybridized carbons (Fsp3) is 0.111. The summed E-state index contributed by atoms with van der Waals surface area (Å²) >= 11 is 0. The quantitative estimate of drug-likeness (QED) is 0.777. The van der Waals surface area contributed by atoms with Crippen molar-refractivity contribution in [2.75, 3.05) is 24.3 Å². The summed E-state index contributed by atoms with van der Waals surface area (Å²) in [6, 6.07) is 15.2. The van der Waals surface area contributed by atoms with Crippen molar-refractivity contribution in [2.45, 2.75) is 0 Å². The fourth-order valence-corrected chi connectivity index (χ4v) is 2.39. The third kappa shape index (κ3) is 3.08. The minimum atomic E-state index is -0.429. The number of amides is 1. The van der Waals surface area contributed by atoms with Crippen LogP contribution in [-0.2, 0) is 0 Å². The Balaban J connectivity index is 1.98. The van der Waals surface area contributed by atoms with Gasteiger partial charge in [0.25, 0.3) is 0 Å². The van der Waals surface area contributed by atoms with Crippen molar-refractivity contribution >= 4 is 33.9 Å². The first-order valence-electron chi connectivity index (χ1n) is 7.27. The van der Waals surface area contributed by atoms with Crippen molar-refractivity contribution in [3.63, 3.8) is 0 Å². The van der Waals surface area contributed by atoms with Gasteiger partial charge in [0.2, 0.25) is 5.91 Å². The highest BCUT2D eigenvalue weighted by Crippen LogP contribution is 2.28. The molecule has 1 aromatic heterocycles. The molecule has 116 valence electrons. The summed E-state index contributed by atoms with van der Waals surface area (Å²) in [5.74, 6) is -0.429. The van der Waals surface area contributed by atoms with E-state index in [-0.39, 0.29) is 0 Å². The predicted octanol–water partition coefficient (Wildman–Crippen LogP) is 3.14. The first-order chi connectivity index (χ1) is 11.0. The minimum Gasteiger partial charge on any atom is -0.378 e. The minimum absolute atomic E-state index is 0.429. The van der Waals surface area contributed by atoms with Crippen LogP contribution < -0.4 is 16.0 Å². The van der Waals surface area contributed by atoms with Gasteiger partial charge in [-0.2, -0.15) is 0 Å². The van der Waals surface area contributed by atoms with Crippen LogP contribution in [0.5, 0.6) is 0 Å². The smallest absolute Gasteiger partial charge is 0.248 e. The highest BCUT2D eigenvalue weighted by molar-refractivity contribution is 5.96. The molecule has 3 rings (SSSR count). The normalized spacial score (nSPS) is 10.5. The van der Waals surface area contributed by atoms with Crippen LogP contribution in [0.3, 0.4) is 0 Å². The second-order valence-corrected chi connectivity index (χ2v) is 5.52. The van der Waals surface area contributed by atoms with Crippen LogP contribution in [0.4, 0.5) is 17.1 Å². The number of aromatic nitrogens is 1. The second kappa shape index (κ2) is 5.96. The number of nitrogens with one attached hydrogen (secondary N) is 1. The number of carbonyl (C=O) groups excluding carboxylic acids is 1. The van der Waals surface area contributed by atoms with Gasteiger partial charge >= 0.3 is 0 Å². The van der Waals surface area contributed by atoms with Crippen molar-refractivity contribution in [3.05, 3.63) is 60.3 Å². The van der Waals surface area contributed by atoms with E-state index in [1.54, 1.807) is 18.3 Å². The van der Waals surface area contributed by atoms with Crippen molar-refractivity contribution in [2.24, 2.45) is 5.73 Å². The van der Waals surface area contributed by atoms with Crippen molar-refractivity contribution in [3.8, 4) is 0 Å². The lowest BCUT2D eigenvalue weighted by Crippen LogP contribution is -2.10. The molecule has 0 bridgehead atoms. The summed E-state index contributed by atoms with van der Waals surface area (Å²) in [5, 5.41) is 4.41. The summed E-state index contributed by atoms with van der Waals surface area (Å²) in [4.78, 5) is 17.6. The molecule has 3 N–H and O–H groups in total. The van der Waals surface area contributed by atoms with E-state index < -0.39 is 5.91 Å². The van der Waals surface area contributed by atoms with Crippen LogP contribution in [0.15, 0.2) is 54.7 Å². The SMILES string of the molecule is CN(C)c1ccc2nccc(Nc3ccc(C(N)=O)cc3)c2c1. The maximum absolute atomic E-state index is 11.1. The first-order valence-corrected chi connectivity index (χ1v) is 7.27. The number of rotatable bonds is 4. The van der Waals surface area contributed by atoms with Crippen molar-refractivity contribution < 1.29 is 4.79 Å². The number of hydrogen-bond acceptors (Lipinski definition) is 4. The molecule has 0 fully saturated rings. The van der Waals surface area contributed by atoms with Crippen LogP contribution in [0.1, 0.15) is 10.4 Å². The van der Waals surface area contributed by atoms with Gasteiger partial charge in [-0.15, -0.1) is 0 Å². The van der Waals surface area contributed by atoms with E-state index in [2.05, 4.69) is 21.3 Å². The zero-order valence-corrected chi connectivity index (χ0v) is 13.1. The van der Waals surface area contributed by atoms with E-state index in [1.807, 2.05) is 44.4 Å². The fourth-order valence-electron chi connectivity index (χ4n) is 2.39. The highest BCUT2D eigenvalue weighted by Gasteiger charge is 2.06. The van der Waals surface area contributed by atoms with Gasteiger partial charge < -0.3 is 16.0 Å². The number of primary amides is 1. The lowest BCUT2D eigenvalue weighted by molar-refractivity contribution is 0.100. The van der Waals surface area contributed by atoms with Gasteiger partial charge in [-0.1, -0.05) is 0 Å². The summed E-state index contributed by atoms with van der Waals surface area (Å²) in [6.45, 7) is 0. The number of benzene rings is 2. The van der Waals surface area contributed by atoms with Crippen LogP contribution in [-0.4, -0.2) is 25.0 Å². The largest absolute Gasteiger partial charge is 0.378 e. The maximum Gasteiger partial charge on any atom is 0.248 e. The zero-order valence-electron chi connectivity index (χ0n) is 13.1. The van der Waals surface area contributed by atoms with E-state index in [4.69, 9.17) is 5.73 Å². The van der Waals surface area contributed by atoms with Crippen molar-refractivity contribution in [1.82, 2.24) is 4.98 Å². The van der Waals surface area contributed by atoms with Gasteiger partial charge in [0.15, 0.2) is 0 Å². The third-order valence-corrected chi connectivity index (χ3v) is 3.69. The Bertz CT molecular complexity index is 857. The van der Waals surface area contributed by atoms with E-state index in [0.29, 0.717) is 5.56 Å². The summed E-state index contributed by atoms with van der Waals surface area (Å²) in [6.07, 6.45) is 1.78. The highest BCUT2D eigenvalue weighted by atomic mass is 16.1. The number of hydrogen-bond donors (Lipinski definition) is 2. The Hall–Kier alpha value is -3.08. The molecule has 1 amide bonds. The molecular formula is C18H18N4O. The predicted molar refractivity (Wildman–Crippen MR) is 94.3 cm³/mol. The average Bonchev–Trinajstić information content (AvgIpc) is 2.55. The number of fused-ring (bicyclic) bond motifs is 1. The lowest BCUT2D eigenvalue weighted by Gasteiger charge is -2.15. The Kier molecular flexibility index (Phi) is 3.85. The molecule has 5 nitrogen and oxygen atoms in total. The number of carbonyl (C=O) groups is 1. The molecule has 0 aliphatic carbocycles. The van der Waals surface area contributed by atoms with Gasteiger partial charge in [0.1, 0.15) is 0 Å². The Labute approximate surface area is 134 Å². The molecule has 3 aromatic rings. The number of nitrogens with two attached hydrogens (primary N) is 1. The number of nitrogens with zero attached hydrogens (tertiary/aromatic N) is 2. The molecule has 0 spiro atoms. The second-order valence-electron chi connectivity index (χ2n) is 5.52. The molecule has 0 aliphatic rings. The third-order valence-electron chi connectivity index (χ3n) is 3.69. The van der Waals surface area contributed by atoms with Gasteiger partial charge in [-0.05, 0) is 48.5 Å². The standard InChI is InChI=1S/C18H18N4O/c1-22(2)14-7-8-16-15(11-14)17(9-10-20-16)21-13-5-3-12(4-6-13)18(19)23/h3-11H,1-2H3,(H2,19,23)(H,20,21). The van der Waals surface area contributed by atoms with Crippen LogP contribution in [0, 0.1) is 0 Å². The van der Waals surface area contributed by atoms with Crippen LogP contribution in [0.2, 0.25) is 0 Å². The summed E-state index contributed by atoms with van der Waals surface area (Å²) in [5.41, 5.74) is 9.64. The molecule has 23 heavy (non-hydrogen) atoms. The van der Waals surface area contributed by atoms with E-state index in [1.165, 1.54) is 0 Å². The summed E-state index contributed by atoms with van der Waals surface area (Å²) in [7, 11) is 4.01. The first kappa shape index (κ1) is 14.8. The Morgan fingerprint density at radius 1 is 1.09 bits per heavy atom. The molecule has 0 aliphatic heterocycles. The maximum atomic E-state index is 11.1. The molecule has 2 aromatic carbocycles. The van der Waals surface area contributed by atoms with E-state index in [9.17, 15) is 4.79 Å². The molecule has 0 saturated heterocycles. The molecule has 0 unspecified atom stereocenters. The molecular weight excluding hydrogens is 288 g/mol. The zero-order chi connectivity index (χ0) is 16.4. The number of pyridine rings is 1. The van der Waals surface area contributed by atoms with E-state index in [0.717, 1.165) is 28.0 Å². The topological polar surface area (TPSA) is 71.2 Å². The molecule has 0 saturated carbocycles. The van der Waals surface area contributed by atoms with Crippen molar-refractivity contribution in [1.29, 1.82) is 0 Å². The lowest BCUT2D eigenvalue weighted by atomic mass is 10.1. The van der Waals surface area contributed by atoms with Crippen LogP contribution >= 0.6 is 0 Å². The molecule has 0 radical (unpaired) electrons. The molecule has 5 heteroatoms. The monoisotopic (exact) mass is 306 g/mol. The molecule has 0 atom stereocenters. The van der Waals surface area contributed by atoms with Gasteiger partial charge in [0.05, 0.1) is 5.52 Å². The van der Waals surface area contributed by atoms with Gasteiger partial charge in [-0.3, -0.25) is 9.78 Å². The summed E-state index contributed by atoms with van der Waals surface area (Å²) < 4.78 is 0. The Morgan fingerprint density at radius 2 is 1.83 bits per heavy atom.